The molecule has 9 heteroatoms. The topological polar surface area (TPSA) is 69.0 Å². The van der Waals surface area contributed by atoms with Crippen molar-refractivity contribution in [3.8, 4) is 28.1 Å². The Morgan fingerprint density at radius 2 is 1.65 bits per heavy atom. The largest absolute Gasteiger partial charge is 0.489 e. The minimum Gasteiger partial charge on any atom is -0.489 e. The molecule has 0 unspecified atom stereocenters. The van der Waals surface area contributed by atoms with Crippen LogP contribution in [0.4, 0.5) is 13.2 Å². The number of halogens is 3. The summed E-state index contributed by atoms with van der Waals surface area (Å²) in [4.78, 5) is 16.7. The summed E-state index contributed by atoms with van der Waals surface area (Å²) in [6, 6.07) is 15.8. The van der Waals surface area contributed by atoms with Gasteiger partial charge in [-0.2, -0.15) is 18.3 Å². The van der Waals surface area contributed by atoms with Crippen molar-refractivity contribution in [2.75, 3.05) is 6.54 Å². The minimum absolute atomic E-state index is 0.130. The van der Waals surface area contributed by atoms with Crippen LogP contribution < -0.4 is 10.1 Å². The Labute approximate surface area is 193 Å². The molecule has 1 aliphatic rings. The molecular weight excluding hydrogens is 445 g/mol. The van der Waals surface area contributed by atoms with Gasteiger partial charge in [-0.25, -0.2) is 0 Å². The summed E-state index contributed by atoms with van der Waals surface area (Å²) in [5, 5.41) is 7.56. The first kappa shape index (κ1) is 21.7. The Kier molecular flexibility index (Phi) is 5.53. The van der Waals surface area contributed by atoms with Crippen LogP contribution in [0.25, 0.3) is 22.4 Å². The third kappa shape index (κ3) is 4.24. The van der Waals surface area contributed by atoms with Crippen LogP contribution in [-0.2, 0) is 19.3 Å². The average Bonchev–Trinajstić information content (AvgIpc) is 3.24. The molecule has 3 heterocycles. The van der Waals surface area contributed by atoms with Crippen LogP contribution in [0, 0.1) is 0 Å². The molecule has 1 amide bonds. The predicted octanol–water partition coefficient (Wildman–Crippen LogP) is 4.95. The zero-order valence-corrected chi connectivity index (χ0v) is 17.8. The van der Waals surface area contributed by atoms with Gasteiger partial charge < -0.3 is 10.1 Å². The summed E-state index contributed by atoms with van der Waals surface area (Å²) < 4.78 is 45.6. The lowest BCUT2D eigenvalue weighted by Crippen LogP contribution is -2.35. The summed E-state index contributed by atoms with van der Waals surface area (Å²) in [5.74, 6) is 0.372. The zero-order chi connectivity index (χ0) is 23.7. The first-order valence-corrected chi connectivity index (χ1v) is 10.6. The molecule has 6 nitrogen and oxygen atoms in total. The molecule has 1 N–H and O–H groups in total. The van der Waals surface area contributed by atoms with Crippen LogP contribution in [0.3, 0.4) is 0 Å². The number of aromatic nitrogens is 3. The first-order chi connectivity index (χ1) is 16.4. The van der Waals surface area contributed by atoms with Gasteiger partial charge in [0, 0.05) is 30.1 Å². The molecule has 0 bridgehead atoms. The summed E-state index contributed by atoms with van der Waals surface area (Å²) >= 11 is 0. The zero-order valence-electron chi connectivity index (χ0n) is 17.8. The number of amides is 1. The lowest BCUT2D eigenvalue weighted by Gasteiger charge is -2.15. The van der Waals surface area contributed by atoms with Crippen molar-refractivity contribution in [1.29, 1.82) is 0 Å². The maximum Gasteiger partial charge on any atom is 0.416 e. The number of alkyl halides is 3. The first-order valence-electron chi connectivity index (χ1n) is 10.6. The number of nitrogens with one attached hydrogen (secondary N) is 1. The number of nitrogens with zero attached hydrogens (tertiary/aromatic N) is 3. The van der Waals surface area contributed by atoms with E-state index in [1.807, 2.05) is 24.3 Å². The molecule has 2 aromatic carbocycles. The summed E-state index contributed by atoms with van der Waals surface area (Å²) in [6.45, 7) is 1.22. The van der Waals surface area contributed by atoms with Crippen molar-refractivity contribution >= 4 is 5.91 Å². The molecule has 0 radical (unpaired) electrons. The van der Waals surface area contributed by atoms with E-state index in [-0.39, 0.29) is 12.5 Å². The Morgan fingerprint density at radius 3 is 2.32 bits per heavy atom. The second kappa shape index (κ2) is 8.66. The van der Waals surface area contributed by atoms with Crippen molar-refractivity contribution in [2.24, 2.45) is 0 Å². The molecule has 0 saturated carbocycles. The van der Waals surface area contributed by atoms with Gasteiger partial charge in [0.2, 0.25) is 0 Å². The van der Waals surface area contributed by atoms with Crippen LogP contribution in [-0.4, -0.2) is 27.2 Å². The molecular formula is C25H19F3N4O2. The number of hydrogen-bond donors (Lipinski definition) is 1. The Bertz CT molecular complexity index is 1320. The molecule has 5 rings (SSSR count). The van der Waals surface area contributed by atoms with Gasteiger partial charge in [0.05, 0.1) is 12.1 Å². The van der Waals surface area contributed by atoms with Gasteiger partial charge in [0.1, 0.15) is 23.7 Å². The molecule has 172 valence electrons. The molecule has 0 spiro atoms. The SMILES string of the molecule is O=C1NCCn2nc(-c3ccncc3)c(-c3ccc(OCc4ccc(C(F)(F)F)cc4)cc3)c21. The second-order valence-corrected chi connectivity index (χ2v) is 7.79. The summed E-state index contributed by atoms with van der Waals surface area (Å²) in [6.07, 6.45) is -1.01. The molecule has 0 saturated heterocycles. The number of hydrogen-bond acceptors (Lipinski definition) is 4. The van der Waals surface area contributed by atoms with Gasteiger partial charge in [0.25, 0.3) is 5.91 Å². The fraction of sp³-hybridized carbons (Fsp3) is 0.160. The summed E-state index contributed by atoms with van der Waals surface area (Å²) in [5.41, 5.74) is 3.48. The second-order valence-electron chi connectivity index (χ2n) is 7.79. The highest BCUT2D eigenvalue weighted by Gasteiger charge is 2.30. The van der Waals surface area contributed by atoms with E-state index < -0.39 is 11.7 Å². The van der Waals surface area contributed by atoms with Crippen molar-refractivity contribution in [3.63, 3.8) is 0 Å². The van der Waals surface area contributed by atoms with E-state index in [2.05, 4.69) is 15.4 Å². The van der Waals surface area contributed by atoms with Crippen molar-refractivity contribution in [3.05, 3.63) is 89.9 Å². The van der Waals surface area contributed by atoms with Gasteiger partial charge in [0.15, 0.2) is 0 Å². The maximum atomic E-state index is 12.7. The Balaban J connectivity index is 1.40. The molecule has 34 heavy (non-hydrogen) atoms. The number of benzene rings is 2. The fourth-order valence-corrected chi connectivity index (χ4v) is 3.87. The number of carbonyl (C=O) groups excluding carboxylic acids is 1. The fourth-order valence-electron chi connectivity index (χ4n) is 3.87. The highest BCUT2D eigenvalue weighted by atomic mass is 19.4. The number of fused-ring (bicyclic) bond motifs is 1. The highest BCUT2D eigenvalue weighted by molar-refractivity contribution is 6.03. The van der Waals surface area contributed by atoms with E-state index >= 15 is 0 Å². The van der Waals surface area contributed by atoms with E-state index in [4.69, 9.17) is 4.74 Å². The third-order valence-electron chi connectivity index (χ3n) is 5.56. The van der Waals surface area contributed by atoms with E-state index in [0.717, 1.165) is 28.8 Å². The molecule has 0 fully saturated rings. The van der Waals surface area contributed by atoms with E-state index in [0.29, 0.717) is 35.8 Å². The molecule has 0 aliphatic carbocycles. The van der Waals surface area contributed by atoms with Gasteiger partial charge in [-0.15, -0.1) is 0 Å². The number of pyridine rings is 1. The van der Waals surface area contributed by atoms with Gasteiger partial charge in [-0.1, -0.05) is 24.3 Å². The predicted molar refractivity (Wildman–Crippen MR) is 119 cm³/mol. The standard InChI is InChI=1S/C25H19F3N4O2/c26-25(27,28)19-5-1-16(2-6-19)15-34-20-7-3-17(4-8-20)21-22(18-9-11-29-12-10-18)31-32-14-13-30-24(33)23(21)32/h1-12H,13-15H2,(H,30,33). The van der Waals surface area contributed by atoms with E-state index in [1.54, 1.807) is 29.2 Å². The number of carbonyl (C=O) groups is 1. The van der Waals surface area contributed by atoms with Crippen LogP contribution in [0.2, 0.25) is 0 Å². The smallest absolute Gasteiger partial charge is 0.416 e. The quantitative estimate of drug-likeness (QED) is 0.454. The van der Waals surface area contributed by atoms with E-state index in [1.165, 1.54) is 12.1 Å². The third-order valence-corrected chi connectivity index (χ3v) is 5.56. The number of ether oxygens (including phenoxy) is 1. The minimum atomic E-state index is -4.37. The monoisotopic (exact) mass is 464 g/mol. The van der Waals surface area contributed by atoms with Crippen LogP contribution in [0.5, 0.6) is 5.75 Å². The Hall–Kier alpha value is -4.14. The Morgan fingerprint density at radius 1 is 0.941 bits per heavy atom. The van der Waals surface area contributed by atoms with Crippen LogP contribution >= 0.6 is 0 Å². The van der Waals surface area contributed by atoms with Gasteiger partial charge >= 0.3 is 6.18 Å². The van der Waals surface area contributed by atoms with Crippen LogP contribution in [0.1, 0.15) is 21.6 Å². The highest BCUT2D eigenvalue weighted by Crippen LogP contribution is 2.36. The lowest BCUT2D eigenvalue weighted by atomic mass is 9.98. The average molecular weight is 464 g/mol. The van der Waals surface area contributed by atoms with Gasteiger partial charge in [-0.05, 0) is 47.5 Å². The summed E-state index contributed by atoms with van der Waals surface area (Å²) in [7, 11) is 0. The van der Waals surface area contributed by atoms with Gasteiger partial charge in [-0.3, -0.25) is 14.5 Å². The molecule has 1 aliphatic heterocycles. The van der Waals surface area contributed by atoms with Crippen molar-refractivity contribution in [1.82, 2.24) is 20.1 Å². The maximum absolute atomic E-state index is 12.7. The van der Waals surface area contributed by atoms with Crippen LogP contribution in [0.15, 0.2) is 73.1 Å². The normalized spacial score (nSPS) is 13.3. The molecule has 2 aromatic heterocycles. The molecule has 0 atom stereocenters. The lowest BCUT2D eigenvalue weighted by molar-refractivity contribution is -0.137. The van der Waals surface area contributed by atoms with Crippen molar-refractivity contribution in [2.45, 2.75) is 19.3 Å². The van der Waals surface area contributed by atoms with E-state index in [9.17, 15) is 18.0 Å². The number of rotatable bonds is 5. The molecule has 4 aromatic rings. The van der Waals surface area contributed by atoms with Crippen molar-refractivity contribution < 1.29 is 22.7 Å².